The van der Waals surface area contributed by atoms with Crippen molar-refractivity contribution in [2.45, 2.75) is 69.6 Å². The molecule has 2 saturated heterocycles. The fourth-order valence-corrected chi connectivity index (χ4v) is 4.22. The van der Waals surface area contributed by atoms with Gasteiger partial charge in [-0.3, -0.25) is 4.90 Å². The van der Waals surface area contributed by atoms with Gasteiger partial charge in [-0.2, -0.15) is 0 Å². The Morgan fingerprint density at radius 3 is 2.72 bits per heavy atom. The van der Waals surface area contributed by atoms with E-state index in [4.69, 9.17) is 4.74 Å². The van der Waals surface area contributed by atoms with Gasteiger partial charge >= 0.3 is 0 Å². The minimum Gasteiger partial charge on any atom is -0.393 e. The molecule has 0 amide bonds. The van der Waals surface area contributed by atoms with Crippen LogP contribution in [0.25, 0.3) is 0 Å². The van der Waals surface area contributed by atoms with Gasteiger partial charge in [0.25, 0.3) is 0 Å². The molecule has 104 valence electrons. The van der Waals surface area contributed by atoms with Crippen molar-refractivity contribution < 1.29 is 9.84 Å². The van der Waals surface area contributed by atoms with Crippen LogP contribution in [0.1, 0.15) is 51.9 Å². The Morgan fingerprint density at radius 1 is 1.28 bits per heavy atom. The lowest BCUT2D eigenvalue weighted by molar-refractivity contribution is -0.0997. The van der Waals surface area contributed by atoms with Gasteiger partial charge in [-0.1, -0.05) is 12.8 Å². The quantitative estimate of drug-likeness (QED) is 0.819. The number of nitrogens with zero attached hydrogens (tertiary/aromatic N) is 1. The van der Waals surface area contributed by atoms with E-state index < -0.39 is 0 Å². The lowest BCUT2D eigenvalue weighted by Crippen LogP contribution is -2.47. The summed E-state index contributed by atoms with van der Waals surface area (Å²) in [7, 11) is 0. The Kier molecular flexibility index (Phi) is 3.65. The highest BCUT2D eigenvalue weighted by molar-refractivity contribution is 4.96. The molecule has 3 atom stereocenters. The van der Waals surface area contributed by atoms with Gasteiger partial charge < -0.3 is 9.84 Å². The Hall–Kier alpha value is -0.120. The topological polar surface area (TPSA) is 32.7 Å². The Bertz CT molecular complexity index is 286. The van der Waals surface area contributed by atoms with Gasteiger partial charge in [0.1, 0.15) is 0 Å². The molecule has 1 spiro atoms. The normalized spacial score (nSPS) is 38.3. The van der Waals surface area contributed by atoms with Crippen molar-refractivity contribution in [2.24, 2.45) is 5.92 Å². The van der Waals surface area contributed by atoms with Gasteiger partial charge in [0, 0.05) is 19.2 Å². The molecule has 3 rings (SSSR count). The molecule has 3 nitrogen and oxygen atoms in total. The second-order valence-electron chi connectivity index (χ2n) is 6.67. The van der Waals surface area contributed by atoms with Crippen molar-refractivity contribution >= 4 is 0 Å². The predicted molar refractivity (Wildman–Crippen MR) is 71.5 cm³/mol. The molecule has 2 heterocycles. The fraction of sp³-hybridized carbons (Fsp3) is 1.00. The minimum absolute atomic E-state index is 0.143. The highest BCUT2D eigenvalue weighted by atomic mass is 16.5. The second-order valence-corrected chi connectivity index (χ2v) is 6.67. The van der Waals surface area contributed by atoms with Crippen LogP contribution in [0.5, 0.6) is 0 Å². The zero-order valence-corrected chi connectivity index (χ0v) is 11.6. The first-order valence-corrected chi connectivity index (χ1v) is 7.75. The van der Waals surface area contributed by atoms with E-state index in [0.717, 1.165) is 13.2 Å². The molecule has 0 bridgehead atoms. The maximum atomic E-state index is 9.72. The lowest BCUT2D eigenvalue weighted by Gasteiger charge is -2.42. The van der Waals surface area contributed by atoms with Crippen molar-refractivity contribution in [3.8, 4) is 0 Å². The highest BCUT2D eigenvalue weighted by Gasteiger charge is 2.42. The van der Waals surface area contributed by atoms with Crippen LogP contribution < -0.4 is 0 Å². The number of ether oxygens (including phenoxy) is 1. The third-order valence-electron chi connectivity index (χ3n) is 5.44. The van der Waals surface area contributed by atoms with Gasteiger partial charge in [0.05, 0.1) is 11.7 Å². The molecule has 0 aromatic heterocycles. The standard InChI is InChI=1S/C15H27NO2/c1-12(17)13-4-8-16(11-13)14-5-9-18-15(10-14)6-2-3-7-15/h12-14,17H,2-11H2,1H3. The van der Waals surface area contributed by atoms with Crippen molar-refractivity contribution in [1.82, 2.24) is 4.90 Å². The van der Waals surface area contributed by atoms with Gasteiger partial charge in [-0.05, 0) is 51.5 Å². The maximum Gasteiger partial charge on any atom is 0.0697 e. The van der Waals surface area contributed by atoms with E-state index in [9.17, 15) is 5.11 Å². The SMILES string of the molecule is CC(O)C1CCN(C2CCOC3(CCCC3)C2)C1. The summed E-state index contributed by atoms with van der Waals surface area (Å²) in [6.07, 6.45) is 8.70. The van der Waals surface area contributed by atoms with Crippen molar-refractivity contribution in [1.29, 1.82) is 0 Å². The lowest BCUT2D eigenvalue weighted by atomic mass is 9.88. The number of aliphatic hydroxyl groups excluding tert-OH is 1. The monoisotopic (exact) mass is 253 g/mol. The van der Waals surface area contributed by atoms with E-state index in [-0.39, 0.29) is 11.7 Å². The van der Waals surface area contributed by atoms with Crippen molar-refractivity contribution in [3.63, 3.8) is 0 Å². The van der Waals surface area contributed by atoms with Gasteiger partial charge in [0.2, 0.25) is 0 Å². The van der Waals surface area contributed by atoms with Crippen LogP contribution in [0.2, 0.25) is 0 Å². The average Bonchev–Trinajstić information content (AvgIpc) is 2.98. The van der Waals surface area contributed by atoms with E-state index in [1.807, 2.05) is 6.92 Å². The molecule has 1 saturated carbocycles. The third kappa shape index (κ3) is 2.45. The summed E-state index contributed by atoms with van der Waals surface area (Å²) in [4.78, 5) is 2.62. The molecule has 0 aromatic carbocycles. The molecule has 0 aromatic rings. The molecule has 3 unspecified atom stereocenters. The van der Waals surface area contributed by atoms with E-state index in [1.54, 1.807) is 0 Å². The van der Waals surface area contributed by atoms with Crippen LogP contribution in [0.4, 0.5) is 0 Å². The number of hydrogen-bond donors (Lipinski definition) is 1. The van der Waals surface area contributed by atoms with Gasteiger partial charge in [-0.15, -0.1) is 0 Å². The molecule has 18 heavy (non-hydrogen) atoms. The molecule has 1 N–H and O–H groups in total. The molecule has 3 heteroatoms. The highest BCUT2D eigenvalue weighted by Crippen LogP contribution is 2.42. The molecular formula is C15H27NO2. The van der Waals surface area contributed by atoms with Crippen LogP contribution in [0.15, 0.2) is 0 Å². The zero-order chi connectivity index (χ0) is 12.6. The summed E-state index contributed by atoms with van der Waals surface area (Å²) in [5, 5.41) is 9.72. The van der Waals surface area contributed by atoms with E-state index in [1.165, 1.54) is 51.5 Å². The summed E-state index contributed by atoms with van der Waals surface area (Å²) >= 11 is 0. The molecule has 1 aliphatic carbocycles. The molecule has 3 fully saturated rings. The summed E-state index contributed by atoms with van der Waals surface area (Å²) in [5.74, 6) is 0.493. The number of hydrogen-bond acceptors (Lipinski definition) is 3. The van der Waals surface area contributed by atoms with Crippen LogP contribution in [0, 0.1) is 5.92 Å². The predicted octanol–water partition coefficient (Wildman–Crippen LogP) is 2.18. The van der Waals surface area contributed by atoms with Crippen LogP contribution in [-0.4, -0.2) is 47.4 Å². The van der Waals surface area contributed by atoms with Crippen molar-refractivity contribution in [3.05, 3.63) is 0 Å². The molecule has 2 aliphatic heterocycles. The van der Waals surface area contributed by atoms with Crippen LogP contribution >= 0.6 is 0 Å². The number of likely N-dealkylation sites (tertiary alicyclic amines) is 1. The summed E-state index contributed by atoms with van der Waals surface area (Å²) in [6, 6.07) is 0.709. The summed E-state index contributed by atoms with van der Waals surface area (Å²) < 4.78 is 6.11. The van der Waals surface area contributed by atoms with Crippen LogP contribution in [0.3, 0.4) is 0 Å². The smallest absolute Gasteiger partial charge is 0.0697 e. The number of rotatable bonds is 2. The van der Waals surface area contributed by atoms with E-state index in [0.29, 0.717) is 12.0 Å². The fourth-order valence-electron chi connectivity index (χ4n) is 4.22. The van der Waals surface area contributed by atoms with Gasteiger partial charge in [-0.25, -0.2) is 0 Å². The van der Waals surface area contributed by atoms with Gasteiger partial charge in [0.15, 0.2) is 0 Å². The molecule has 0 radical (unpaired) electrons. The van der Waals surface area contributed by atoms with Crippen molar-refractivity contribution in [2.75, 3.05) is 19.7 Å². The first kappa shape index (κ1) is 12.9. The summed E-state index contributed by atoms with van der Waals surface area (Å²) in [6.45, 7) is 5.16. The Labute approximate surface area is 110 Å². The molecular weight excluding hydrogens is 226 g/mol. The van der Waals surface area contributed by atoms with E-state index >= 15 is 0 Å². The summed E-state index contributed by atoms with van der Waals surface area (Å²) in [5.41, 5.74) is 0.228. The average molecular weight is 253 g/mol. The second kappa shape index (κ2) is 5.10. The largest absolute Gasteiger partial charge is 0.393 e. The zero-order valence-electron chi connectivity index (χ0n) is 11.6. The third-order valence-corrected chi connectivity index (χ3v) is 5.44. The molecule has 3 aliphatic rings. The maximum absolute atomic E-state index is 9.72. The van der Waals surface area contributed by atoms with E-state index in [2.05, 4.69) is 4.90 Å². The Balaban J connectivity index is 1.59. The Morgan fingerprint density at radius 2 is 2.06 bits per heavy atom. The first-order chi connectivity index (χ1) is 8.69. The first-order valence-electron chi connectivity index (χ1n) is 7.75. The minimum atomic E-state index is -0.143. The number of aliphatic hydroxyl groups is 1. The van der Waals surface area contributed by atoms with Crippen LogP contribution in [-0.2, 0) is 4.74 Å².